The molecule has 1 heterocycles. The molecule has 2 nitrogen and oxygen atoms in total. The highest BCUT2D eigenvalue weighted by atomic mass is 16.7. The van der Waals surface area contributed by atoms with Crippen LogP contribution in [0.4, 0.5) is 0 Å². The molecule has 0 aromatic rings. The van der Waals surface area contributed by atoms with Gasteiger partial charge in [-0.1, -0.05) is 19.8 Å². The number of terminal acetylenes is 1. The van der Waals surface area contributed by atoms with Crippen LogP contribution in [0.3, 0.4) is 0 Å². The first-order valence-electron chi connectivity index (χ1n) is 3.92. The van der Waals surface area contributed by atoms with Gasteiger partial charge in [0.25, 0.3) is 0 Å². The van der Waals surface area contributed by atoms with Crippen molar-refractivity contribution in [3.05, 3.63) is 0 Å². The average molecular weight is 156 g/mol. The molecule has 1 aliphatic heterocycles. The number of ether oxygens (including phenoxy) is 2. The Balaban J connectivity index is 0.000000461. The van der Waals surface area contributed by atoms with Crippen LogP contribution in [0.5, 0.6) is 0 Å². The number of hydrogen-bond donors (Lipinski definition) is 0. The number of hydrogen-bond acceptors (Lipinski definition) is 2. The summed E-state index contributed by atoms with van der Waals surface area (Å²) in [5, 5.41) is 0. The van der Waals surface area contributed by atoms with Gasteiger partial charge in [-0.2, -0.15) is 0 Å². The summed E-state index contributed by atoms with van der Waals surface area (Å²) < 4.78 is 10.4. The second-order valence-corrected chi connectivity index (χ2v) is 2.48. The maximum absolute atomic E-state index is 5.24. The molecule has 0 aromatic carbocycles. The van der Waals surface area contributed by atoms with E-state index in [-0.39, 0.29) is 6.10 Å². The zero-order chi connectivity index (χ0) is 8.91. The summed E-state index contributed by atoms with van der Waals surface area (Å²) >= 11 is 0. The quantitative estimate of drug-likeness (QED) is 0.498. The van der Waals surface area contributed by atoms with Gasteiger partial charge < -0.3 is 9.47 Å². The van der Waals surface area contributed by atoms with Crippen LogP contribution >= 0.6 is 0 Å². The Morgan fingerprint density at radius 1 is 1.45 bits per heavy atom. The topological polar surface area (TPSA) is 18.5 Å². The summed E-state index contributed by atoms with van der Waals surface area (Å²) in [7, 11) is 0. The van der Waals surface area contributed by atoms with Gasteiger partial charge in [0.05, 0.1) is 6.61 Å². The lowest BCUT2D eigenvalue weighted by atomic mass is 10.4. The first-order valence-corrected chi connectivity index (χ1v) is 3.92. The van der Waals surface area contributed by atoms with Gasteiger partial charge in [0, 0.05) is 0 Å². The van der Waals surface area contributed by atoms with Gasteiger partial charge in [0.1, 0.15) is 6.10 Å². The van der Waals surface area contributed by atoms with Gasteiger partial charge in [0.15, 0.2) is 5.79 Å². The smallest absolute Gasteiger partial charge is 0.164 e. The molecule has 0 aromatic heterocycles. The van der Waals surface area contributed by atoms with Crippen molar-refractivity contribution in [2.45, 2.75) is 39.6 Å². The average Bonchev–Trinajstić information content (AvgIpc) is 2.34. The molecule has 0 saturated carbocycles. The minimum atomic E-state index is -0.475. The molecule has 0 unspecified atom stereocenters. The van der Waals surface area contributed by atoms with Crippen molar-refractivity contribution in [2.75, 3.05) is 6.61 Å². The summed E-state index contributed by atoms with van der Waals surface area (Å²) in [4.78, 5) is 0. The highest BCUT2D eigenvalue weighted by molar-refractivity contribution is 4.97. The van der Waals surface area contributed by atoms with E-state index >= 15 is 0 Å². The summed E-state index contributed by atoms with van der Waals surface area (Å²) in [5.74, 6) is 2.00. The fourth-order valence-corrected chi connectivity index (χ4v) is 0.769. The second-order valence-electron chi connectivity index (χ2n) is 2.48. The van der Waals surface area contributed by atoms with Crippen LogP contribution in [0.2, 0.25) is 0 Å². The van der Waals surface area contributed by atoms with Crippen LogP contribution in [-0.4, -0.2) is 18.5 Å². The van der Waals surface area contributed by atoms with Crippen molar-refractivity contribution in [3.63, 3.8) is 0 Å². The van der Waals surface area contributed by atoms with Crippen LogP contribution in [-0.2, 0) is 9.47 Å². The Morgan fingerprint density at radius 2 is 2.00 bits per heavy atom. The predicted molar refractivity (Wildman–Crippen MR) is 45.1 cm³/mol. The minimum Gasteiger partial charge on any atom is -0.347 e. The molecule has 1 saturated heterocycles. The fourth-order valence-electron chi connectivity index (χ4n) is 0.769. The minimum absolute atomic E-state index is 0.153. The monoisotopic (exact) mass is 156 g/mol. The Kier molecular flexibility index (Phi) is 4.17. The first kappa shape index (κ1) is 10.5. The van der Waals surface area contributed by atoms with E-state index in [1.807, 2.05) is 27.7 Å². The molecule has 0 aliphatic carbocycles. The van der Waals surface area contributed by atoms with E-state index in [0.29, 0.717) is 6.61 Å². The largest absolute Gasteiger partial charge is 0.347 e. The molecule has 1 aliphatic rings. The van der Waals surface area contributed by atoms with Crippen molar-refractivity contribution in [3.8, 4) is 12.3 Å². The summed E-state index contributed by atoms with van der Waals surface area (Å²) in [6.07, 6.45) is 4.95. The van der Waals surface area contributed by atoms with Crippen molar-refractivity contribution >= 4 is 0 Å². The molecule has 0 spiro atoms. The Labute approximate surface area is 68.9 Å². The van der Waals surface area contributed by atoms with E-state index < -0.39 is 5.79 Å². The SMILES string of the molecule is C#C[C@H]1COC(C)(C)O1.CC. The van der Waals surface area contributed by atoms with Crippen LogP contribution in [0.25, 0.3) is 0 Å². The molecule has 11 heavy (non-hydrogen) atoms. The molecule has 1 fully saturated rings. The van der Waals surface area contributed by atoms with Gasteiger partial charge in [-0.25, -0.2) is 0 Å². The lowest BCUT2D eigenvalue weighted by Gasteiger charge is -2.14. The first-order chi connectivity index (χ1) is 5.14. The molecule has 0 N–H and O–H groups in total. The van der Waals surface area contributed by atoms with Crippen LogP contribution in [0.15, 0.2) is 0 Å². The van der Waals surface area contributed by atoms with Crippen LogP contribution in [0, 0.1) is 12.3 Å². The molecule has 1 rings (SSSR count). The van der Waals surface area contributed by atoms with Crippen molar-refractivity contribution in [1.29, 1.82) is 0 Å². The summed E-state index contributed by atoms with van der Waals surface area (Å²) in [6, 6.07) is 0. The molecule has 1 atom stereocenters. The highest BCUT2D eigenvalue weighted by Gasteiger charge is 2.31. The molecule has 2 heteroatoms. The van der Waals surface area contributed by atoms with Crippen LogP contribution < -0.4 is 0 Å². The number of rotatable bonds is 0. The van der Waals surface area contributed by atoms with Gasteiger partial charge in [-0.05, 0) is 13.8 Å². The van der Waals surface area contributed by atoms with E-state index in [4.69, 9.17) is 15.9 Å². The third kappa shape index (κ3) is 3.41. The molecule has 64 valence electrons. The van der Waals surface area contributed by atoms with Gasteiger partial charge in [0.2, 0.25) is 0 Å². The maximum Gasteiger partial charge on any atom is 0.164 e. The molecule has 0 amide bonds. The van der Waals surface area contributed by atoms with E-state index in [0.717, 1.165) is 0 Å². The third-order valence-electron chi connectivity index (χ3n) is 1.19. The standard InChI is InChI=1S/C7H10O2.C2H6/c1-4-6-5-8-7(2,3)9-6;1-2/h1,6H,5H2,2-3H3;1-2H3/t6-;/m0./s1. The molecular formula is C9H16O2. The fraction of sp³-hybridized carbons (Fsp3) is 0.778. The van der Waals surface area contributed by atoms with Crippen molar-refractivity contribution in [2.24, 2.45) is 0 Å². The zero-order valence-corrected chi connectivity index (χ0v) is 7.68. The van der Waals surface area contributed by atoms with Gasteiger partial charge >= 0.3 is 0 Å². The zero-order valence-electron chi connectivity index (χ0n) is 7.68. The maximum atomic E-state index is 5.24. The third-order valence-corrected chi connectivity index (χ3v) is 1.19. The Hall–Kier alpha value is -0.520. The van der Waals surface area contributed by atoms with Crippen molar-refractivity contribution < 1.29 is 9.47 Å². The lowest BCUT2D eigenvalue weighted by Crippen LogP contribution is -2.20. The van der Waals surface area contributed by atoms with Crippen molar-refractivity contribution in [1.82, 2.24) is 0 Å². The Bertz CT molecular complexity index is 144. The highest BCUT2D eigenvalue weighted by Crippen LogP contribution is 2.21. The van der Waals surface area contributed by atoms with E-state index in [1.54, 1.807) is 0 Å². The summed E-state index contributed by atoms with van der Waals surface area (Å²) in [6.45, 7) is 8.22. The molecule has 0 bridgehead atoms. The van der Waals surface area contributed by atoms with Gasteiger partial charge in [-0.3, -0.25) is 0 Å². The summed E-state index contributed by atoms with van der Waals surface area (Å²) in [5.41, 5.74) is 0. The predicted octanol–water partition coefficient (Wildman–Crippen LogP) is 1.80. The van der Waals surface area contributed by atoms with E-state index in [1.165, 1.54) is 0 Å². The van der Waals surface area contributed by atoms with Gasteiger partial charge in [-0.15, -0.1) is 6.42 Å². The molecular weight excluding hydrogens is 140 g/mol. The van der Waals surface area contributed by atoms with E-state index in [2.05, 4.69) is 5.92 Å². The van der Waals surface area contributed by atoms with Crippen LogP contribution in [0.1, 0.15) is 27.7 Å². The second kappa shape index (κ2) is 4.38. The Morgan fingerprint density at radius 3 is 2.18 bits per heavy atom. The normalized spacial score (nSPS) is 26.6. The molecule has 0 radical (unpaired) electrons. The lowest BCUT2D eigenvalue weighted by molar-refractivity contribution is -0.132. The van der Waals surface area contributed by atoms with E-state index in [9.17, 15) is 0 Å².